The third kappa shape index (κ3) is 6.64. The fourth-order valence-electron chi connectivity index (χ4n) is 5.99. The van der Waals surface area contributed by atoms with Gasteiger partial charge in [-0.2, -0.15) is 0 Å². The number of carbonyl (C=O) groups excluding carboxylic acids is 1. The first-order chi connectivity index (χ1) is 18.2. The van der Waals surface area contributed by atoms with E-state index < -0.39 is 0 Å². The number of hydrogen-bond donors (Lipinski definition) is 1. The van der Waals surface area contributed by atoms with Crippen molar-refractivity contribution in [3.8, 4) is 5.75 Å². The van der Waals surface area contributed by atoms with Gasteiger partial charge in [-0.25, -0.2) is 4.79 Å². The van der Waals surface area contributed by atoms with E-state index in [1.807, 2.05) is 12.1 Å². The molecule has 1 atom stereocenters. The maximum Gasteiger partial charge on any atom is 0.412 e. The second-order valence-electron chi connectivity index (χ2n) is 10.6. The van der Waals surface area contributed by atoms with Gasteiger partial charge in [-0.15, -0.1) is 0 Å². The summed E-state index contributed by atoms with van der Waals surface area (Å²) in [6.07, 6.45) is 8.15. The maximum atomic E-state index is 12.4. The number of hydrogen-bond acceptors (Lipinski definition) is 6. The molecule has 0 bridgehead atoms. The van der Waals surface area contributed by atoms with Gasteiger partial charge < -0.3 is 19.7 Å². The normalized spacial score (nSPS) is 19.6. The summed E-state index contributed by atoms with van der Waals surface area (Å²) in [4.78, 5) is 19.7. The lowest BCUT2D eigenvalue weighted by Gasteiger charge is -2.47. The second kappa shape index (κ2) is 12.8. The molecule has 0 spiro atoms. The van der Waals surface area contributed by atoms with E-state index in [2.05, 4.69) is 57.4 Å². The lowest BCUT2D eigenvalue weighted by Crippen LogP contribution is -2.47. The molecule has 1 saturated heterocycles. The summed E-state index contributed by atoms with van der Waals surface area (Å²) in [6, 6.07) is 14.8. The van der Waals surface area contributed by atoms with Crippen LogP contribution in [0.1, 0.15) is 61.4 Å². The number of rotatable bonds is 10. The Balaban J connectivity index is 1.01. The third-order valence-electron chi connectivity index (χ3n) is 8.00. The fraction of sp³-hybridized carbons (Fsp3) is 0.567. The summed E-state index contributed by atoms with van der Waals surface area (Å²) in [6.45, 7) is 7.68. The van der Waals surface area contributed by atoms with Crippen LogP contribution >= 0.6 is 0 Å². The molecule has 1 amide bonds. The molecule has 3 aliphatic rings. The predicted molar refractivity (Wildman–Crippen MR) is 147 cm³/mol. The molecule has 37 heavy (non-hydrogen) atoms. The lowest BCUT2D eigenvalue weighted by molar-refractivity contribution is 0.0371. The molecule has 0 saturated carbocycles. The van der Waals surface area contributed by atoms with Gasteiger partial charge in [0.1, 0.15) is 11.9 Å². The largest absolute Gasteiger partial charge is 0.412 e. The van der Waals surface area contributed by atoms with Gasteiger partial charge >= 0.3 is 6.09 Å². The maximum absolute atomic E-state index is 12.4. The van der Waals surface area contributed by atoms with Crippen LogP contribution in [0.3, 0.4) is 0 Å². The molecule has 200 valence electrons. The average Bonchev–Trinajstić information content (AvgIpc) is 2.92. The summed E-state index contributed by atoms with van der Waals surface area (Å²) in [5.41, 5.74) is 5.25. The van der Waals surface area contributed by atoms with E-state index in [0.29, 0.717) is 12.3 Å². The van der Waals surface area contributed by atoms with Crippen LogP contribution in [0.5, 0.6) is 5.75 Å². The standard InChI is InChI=1S/C30H42N4O3/c1-32-28-13-12-26(22-25(28)23-34-17-14-24-10-6-7-11-27(24)29(32)34)37-30(35)31-15-8-4-2-3-5-9-16-33-18-20-36-21-19-33/h6-7,10-13,22,29H,2-5,8-9,14-21,23H2,1H3,(H,31,35). The Hall–Kier alpha value is -2.61. The molecule has 0 aromatic heterocycles. The number of morpholine rings is 1. The van der Waals surface area contributed by atoms with E-state index in [-0.39, 0.29) is 12.3 Å². The van der Waals surface area contributed by atoms with E-state index in [1.54, 1.807) is 0 Å². The highest BCUT2D eigenvalue weighted by Gasteiger charge is 2.35. The van der Waals surface area contributed by atoms with E-state index in [4.69, 9.17) is 9.47 Å². The summed E-state index contributed by atoms with van der Waals surface area (Å²) in [5.74, 6) is 0.612. The molecular formula is C30H42N4O3. The van der Waals surface area contributed by atoms with Crippen molar-refractivity contribution in [2.45, 2.75) is 57.7 Å². The monoisotopic (exact) mass is 506 g/mol. The van der Waals surface area contributed by atoms with E-state index in [0.717, 1.165) is 58.7 Å². The number of ether oxygens (including phenoxy) is 2. The van der Waals surface area contributed by atoms with E-state index >= 15 is 0 Å². The molecule has 1 fully saturated rings. The molecule has 3 heterocycles. The van der Waals surface area contributed by atoms with Crippen LogP contribution in [-0.2, 0) is 17.7 Å². The van der Waals surface area contributed by atoms with Crippen molar-refractivity contribution in [2.75, 3.05) is 57.9 Å². The molecule has 2 aromatic carbocycles. The smallest absolute Gasteiger partial charge is 0.410 e. The Morgan fingerprint density at radius 2 is 1.76 bits per heavy atom. The van der Waals surface area contributed by atoms with Crippen LogP contribution in [0.25, 0.3) is 0 Å². The van der Waals surface area contributed by atoms with Crippen LogP contribution in [0.2, 0.25) is 0 Å². The zero-order valence-electron chi connectivity index (χ0n) is 22.3. The minimum Gasteiger partial charge on any atom is -0.410 e. The Labute approximate surface area is 221 Å². The molecule has 0 aliphatic carbocycles. The van der Waals surface area contributed by atoms with Crippen molar-refractivity contribution in [3.05, 3.63) is 59.2 Å². The Kier molecular flexibility index (Phi) is 8.97. The highest BCUT2D eigenvalue weighted by atomic mass is 16.6. The third-order valence-corrected chi connectivity index (χ3v) is 8.00. The van der Waals surface area contributed by atoms with Crippen LogP contribution in [-0.4, -0.2) is 68.9 Å². The van der Waals surface area contributed by atoms with Crippen LogP contribution < -0.4 is 15.0 Å². The first kappa shape index (κ1) is 26.0. The highest BCUT2D eigenvalue weighted by Crippen LogP contribution is 2.42. The summed E-state index contributed by atoms with van der Waals surface area (Å²) in [5, 5.41) is 2.92. The van der Waals surface area contributed by atoms with Crippen LogP contribution in [0.4, 0.5) is 10.5 Å². The zero-order valence-corrected chi connectivity index (χ0v) is 22.3. The van der Waals surface area contributed by atoms with Gasteiger partial charge in [-0.05, 0) is 60.7 Å². The number of amides is 1. The summed E-state index contributed by atoms with van der Waals surface area (Å²) >= 11 is 0. The second-order valence-corrected chi connectivity index (χ2v) is 10.6. The lowest BCUT2D eigenvalue weighted by atomic mass is 9.93. The van der Waals surface area contributed by atoms with Crippen molar-refractivity contribution in [1.29, 1.82) is 0 Å². The van der Waals surface area contributed by atoms with Gasteiger partial charge in [0.2, 0.25) is 0 Å². The van der Waals surface area contributed by atoms with E-state index in [1.165, 1.54) is 54.6 Å². The number of anilines is 1. The average molecular weight is 507 g/mol. The number of carbonyl (C=O) groups is 1. The van der Waals surface area contributed by atoms with Crippen molar-refractivity contribution in [2.24, 2.45) is 0 Å². The minimum absolute atomic E-state index is 0.261. The molecule has 7 nitrogen and oxygen atoms in total. The quantitative estimate of drug-likeness (QED) is 0.460. The van der Waals surface area contributed by atoms with Crippen LogP contribution in [0, 0.1) is 0 Å². The number of nitrogens with one attached hydrogen (secondary N) is 1. The molecule has 3 aliphatic heterocycles. The first-order valence-electron chi connectivity index (χ1n) is 14.1. The zero-order chi connectivity index (χ0) is 25.5. The number of benzene rings is 2. The molecule has 1 N–H and O–H groups in total. The van der Waals surface area contributed by atoms with Gasteiger partial charge in [0.05, 0.1) is 13.2 Å². The Morgan fingerprint density at radius 3 is 2.62 bits per heavy atom. The topological polar surface area (TPSA) is 57.3 Å². The van der Waals surface area contributed by atoms with Gasteiger partial charge in [0, 0.05) is 45.5 Å². The van der Waals surface area contributed by atoms with Crippen molar-refractivity contribution in [1.82, 2.24) is 15.1 Å². The highest BCUT2D eigenvalue weighted by molar-refractivity contribution is 5.71. The van der Waals surface area contributed by atoms with Crippen LogP contribution in [0.15, 0.2) is 42.5 Å². The number of nitrogens with zero attached hydrogens (tertiary/aromatic N) is 3. The Bertz CT molecular complexity index is 1040. The van der Waals surface area contributed by atoms with Gasteiger partial charge in [-0.3, -0.25) is 9.80 Å². The van der Waals surface area contributed by atoms with Gasteiger partial charge in [0.15, 0.2) is 0 Å². The molecule has 7 heteroatoms. The van der Waals surface area contributed by atoms with E-state index in [9.17, 15) is 4.79 Å². The molecule has 1 unspecified atom stereocenters. The fourth-order valence-corrected chi connectivity index (χ4v) is 5.99. The molecule has 5 rings (SSSR count). The van der Waals surface area contributed by atoms with Crippen molar-refractivity contribution in [3.63, 3.8) is 0 Å². The van der Waals surface area contributed by atoms with Crippen molar-refractivity contribution < 1.29 is 14.3 Å². The summed E-state index contributed by atoms with van der Waals surface area (Å²) in [7, 11) is 2.16. The number of unbranched alkanes of at least 4 members (excludes halogenated alkanes) is 5. The Morgan fingerprint density at radius 1 is 0.973 bits per heavy atom. The minimum atomic E-state index is -0.362. The van der Waals surface area contributed by atoms with Crippen molar-refractivity contribution >= 4 is 11.8 Å². The predicted octanol–water partition coefficient (Wildman–Crippen LogP) is 4.95. The molecular weight excluding hydrogens is 464 g/mol. The first-order valence-corrected chi connectivity index (χ1v) is 14.1. The SMILES string of the molecule is CN1c2ccc(OC(=O)NCCCCCCCCN3CCOCC3)cc2CN2CCc3ccccc3C21. The number of fused-ring (bicyclic) bond motifs is 4. The molecule has 2 aromatic rings. The van der Waals surface area contributed by atoms with Gasteiger partial charge in [-0.1, -0.05) is 49.9 Å². The molecule has 0 radical (unpaired) electrons. The summed E-state index contributed by atoms with van der Waals surface area (Å²) < 4.78 is 11.0. The van der Waals surface area contributed by atoms with Gasteiger partial charge in [0.25, 0.3) is 0 Å².